The first-order valence-electron chi connectivity index (χ1n) is 7.35. The molecule has 0 bridgehead atoms. The smallest absolute Gasteiger partial charge is 0.261 e. The number of carbonyl (C=O) groups excluding carboxylic acids is 1. The Labute approximate surface area is 152 Å². The summed E-state index contributed by atoms with van der Waals surface area (Å²) in [5, 5.41) is 10.4. The first-order chi connectivity index (χ1) is 11.4. The number of hydrogen-bond acceptors (Lipinski definition) is 5. The van der Waals surface area contributed by atoms with Gasteiger partial charge in [-0.05, 0) is 53.5 Å². The molecule has 1 aromatic carbocycles. The van der Waals surface area contributed by atoms with Crippen molar-refractivity contribution in [3.8, 4) is 0 Å². The van der Waals surface area contributed by atoms with Crippen molar-refractivity contribution in [2.75, 3.05) is 6.54 Å². The second-order valence-electron chi connectivity index (χ2n) is 5.28. The van der Waals surface area contributed by atoms with Gasteiger partial charge in [0.2, 0.25) is 0 Å². The van der Waals surface area contributed by atoms with Crippen molar-refractivity contribution in [3.05, 3.63) is 50.5 Å². The van der Waals surface area contributed by atoms with Crippen LogP contribution < -0.4 is 11.3 Å². The van der Waals surface area contributed by atoms with E-state index in [0.717, 1.165) is 0 Å². The predicted molar refractivity (Wildman–Crippen MR) is 97.2 cm³/mol. The van der Waals surface area contributed by atoms with Crippen LogP contribution >= 0.6 is 27.5 Å². The Hall–Kier alpha value is -1.54. The van der Waals surface area contributed by atoms with E-state index >= 15 is 0 Å². The normalized spacial score (nSPS) is 12.8. The van der Waals surface area contributed by atoms with Crippen LogP contribution in [0.4, 0.5) is 0 Å². The van der Waals surface area contributed by atoms with Crippen molar-refractivity contribution in [3.63, 3.8) is 0 Å². The first-order valence-corrected chi connectivity index (χ1v) is 8.53. The van der Waals surface area contributed by atoms with Crippen LogP contribution in [0.15, 0.2) is 39.9 Å². The average Bonchev–Trinajstić information content (AvgIpc) is 2.55. The maximum Gasteiger partial charge on any atom is 0.261 e. The number of ketones is 1. The van der Waals surface area contributed by atoms with Gasteiger partial charge in [0.25, 0.3) is 5.56 Å². The third kappa shape index (κ3) is 4.73. The first kappa shape index (κ1) is 18.8. The maximum absolute atomic E-state index is 12.4. The fourth-order valence-electron chi connectivity index (χ4n) is 2.13. The second kappa shape index (κ2) is 8.53. The molecule has 128 valence electrons. The zero-order valence-corrected chi connectivity index (χ0v) is 15.1. The highest BCUT2D eigenvalue weighted by molar-refractivity contribution is 9.10. The van der Waals surface area contributed by atoms with Gasteiger partial charge in [0, 0.05) is 4.47 Å². The van der Waals surface area contributed by atoms with Gasteiger partial charge in [0.15, 0.2) is 5.78 Å². The molecule has 0 saturated heterocycles. The Morgan fingerprint density at radius 1 is 1.50 bits per heavy atom. The van der Waals surface area contributed by atoms with Gasteiger partial charge in [-0.2, -0.15) is 0 Å². The fraction of sp³-hybridized carbons (Fsp3) is 0.312. The van der Waals surface area contributed by atoms with Gasteiger partial charge in [-0.25, -0.2) is 4.98 Å². The van der Waals surface area contributed by atoms with E-state index in [0.29, 0.717) is 39.8 Å². The summed E-state index contributed by atoms with van der Waals surface area (Å²) >= 11 is 9.28. The lowest BCUT2D eigenvalue weighted by atomic mass is 10.1. The van der Waals surface area contributed by atoms with E-state index in [1.54, 1.807) is 6.07 Å². The summed E-state index contributed by atoms with van der Waals surface area (Å²) in [6.45, 7) is 0.325. The molecule has 0 aliphatic carbocycles. The molecule has 0 radical (unpaired) electrons. The summed E-state index contributed by atoms with van der Waals surface area (Å²) in [7, 11) is 0. The summed E-state index contributed by atoms with van der Waals surface area (Å²) in [6.07, 6.45) is 4.44. The van der Waals surface area contributed by atoms with Crippen molar-refractivity contribution in [2.45, 2.75) is 25.5 Å². The van der Waals surface area contributed by atoms with Crippen LogP contribution in [-0.4, -0.2) is 33.1 Å². The third-order valence-corrected chi connectivity index (χ3v) is 4.60. The van der Waals surface area contributed by atoms with Crippen LogP contribution in [0, 0.1) is 0 Å². The summed E-state index contributed by atoms with van der Waals surface area (Å²) in [6, 6.07) is 3.17. The standard InChI is InChI=1S/C16H17BrClN3O3/c17-13-7-15-12(6-14(13)18)16(24)21(9-20-15)8-11(23)4-3-10(22)2-1-5-19/h3-4,6-7,9-10,22H,1-2,5,8,19H2/b4-3+/t10-/m0/s1. The number of halogens is 2. The van der Waals surface area contributed by atoms with Crippen molar-refractivity contribution >= 4 is 44.2 Å². The fourth-order valence-corrected chi connectivity index (χ4v) is 2.62. The van der Waals surface area contributed by atoms with Gasteiger partial charge in [0.1, 0.15) is 0 Å². The molecule has 0 saturated carbocycles. The van der Waals surface area contributed by atoms with Gasteiger partial charge in [-0.1, -0.05) is 17.7 Å². The SMILES string of the molecule is NCCC[C@H](O)/C=C/C(=O)Cn1cnc2cc(Br)c(Cl)cc2c1=O. The summed E-state index contributed by atoms with van der Waals surface area (Å²) in [5.41, 5.74) is 5.50. The molecule has 2 rings (SSSR count). The molecule has 6 nitrogen and oxygen atoms in total. The predicted octanol–water partition coefficient (Wildman–Crippen LogP) is 2.04. The highest BCUT2D eigenvalue weighted by Gasteiger charge is 2.09. The van der Waals surface area contributed by atoms with Gasteiger partial charge in [0.05, 0.1) is 34.9 Å². The Kier molecular flexibility index (Phi) is 6.68. The number of aliphatic hydroxyl groups is 1. The molecular formula is C16H17BrClN3O3. The number of nitrogens with zero attached hydrogens (tertiary/aromatic N) is 2. The molecule has 3 N–H and O–H groups in total. The van der Waals surface area contributed by atoms with Crippen molar-refractivity contribution in [1.29, 1.82) is 0 Å². The van der Waals surface area contributed by atoms with Crippen LogP contribution in [0.1, 0.15) is 12.8 Å². The van der Waals surface area contributed by atoms with Crippen LogP contribution in [0.5, 0.6) is 0 Å². The summed E-state index contributed by atoms with van der Waals surface area (Å²) in [5.74, 6) is -0.312. The van der Waals surface area contributed by atoms with Gasteiger partial charge < -0.3 is 10.8 Å². The summed E-state index contributed by atoms with van der Waals surface area (Å²) < 4.78 is 1.86. The van der Waals surface area contributed by atoms with Crippen LogP contribution in [0.25, 0.3) is 10.9 Å². The minimum Gasteiger partial charge on any atom is -0.389 e. The van der Waals surface area contributed by atoms with E-state index in [9.17, 15) is 14.7 Å². The van der Waals surface area contributed by atoms with Crippen molar-refractivity contribution in [2.24, 2.45) is 5.73 Å². The molecule has 2 aromatic rings. The molecule has 1 aromatic heterocycles. The maximum atomic E-state index is 12.4. The molecule has 1 atom stereocenters. The van der Waals surface area contributed by atoms with E-state index in [1.165, 1.54) is 29.1 Å². The largest absolute Gasteiger partial charge is 0.389 e. The molecule has 24 heavy (non-hydrogen) atoms. The molecule has 0 aliphatic rings. The van der Waals surface area contributed by atoms with Crippen LogP contribution in [-0.2, 0) is 11.3 Å². The lowest BCUT2D eigenvalue weighted by molar-refractivity contribution is -0.115. The van der Waals surface area contributed by atoms with Gasteiger partial charge in [-0.3, -0.25) is 14.2 Å². The number of fused-ring (bicyclic) bond motifs is 1. The number of allylic oxidation sites excluding steroid dienone is 1. The van der Waals surface area contributed by atoms with Gasteiger partial charge in [-0.15, -0.1) is 0 Å². The number of nitrogens with two attached hydrogens (primary N) is 1. The second-order valence-corrected chi connectivity index (χ2v) is 6.55. The van der Waals surface area contributed by atoms with Gasteiger partial charge >= 0.3 is 0 Å². The number of aliphatic hydroxyl groups excluding tert-OH is 1. The zero-order valence-electron chi connectivity index (χ0n) is 12.8. The molecule has 0 unspecified atom stereocenters. The Bertz CT molecular complexity index is 835. The molecule has 0 fully saturated rings. The number of carbonyl (C=O) groups is 1. The Morgan fingerprint density at radius 3 is 2.96 bits per heavy atom. The minimum absolute atomic E-state index is 0.157. The molecule has 0 aliphatic heterocycles. The number of aromatic nitrogens is 2. The minimum atomic E-state index is -0.722. The number of benzene rings is 1. The zero-order chi connectivity index (χ0) is 17.7. The lowest BCUT2D eigenvalue weighted by Gasteiger charge is -2.06. The molecular weight excluding hydrogens is 398 g/mol. The topological polar surface area (TPSA) is 98.2 Å². The molecule has 0 amide bonds. The average molecular weight is 415 g/mol. The van der Waals surface area contributed by atoms with E-state index in [2.05, 4.69) is 20.9 Å². The molecule has 0 spiro atoms. The van der Waals surface area contributed by atoms with E-state index in [-0.39, 0.29) is 17.9 Å². The van der Waals surface area contributed by atoms with E-state index in [1.807, 2.05) is 0 Å². The van der Waals surface area contributed by atoms with Crippen LogP contribution in [0.3, 0.4) is 0 Å². The molecule has 8 heteroatoms. The Balaban J connectivity index is 2.17. The quantitative estimate of drug-likeness (QED) is 0.676. The van der Waals surface area contributed by atoms with E-state index < -0.39 is 6.10 Å². The van der Waals surface area contributed by atoms with Crippen molar-refractivity contribution < 1.29 is 9.90 Å². The van der Waals surface area contributed by atoms with E-state index in [4.69, 9.17) is 17.3 Å². The summed E-state index contributed by atoms with van der Waals surface area (Å²) in [4.78, 5) is 28.5. The molecule has 1 heterocycles. The van der Waals surface area contributed by atoms with Crippen molar-refractivity contribution in [1.82, 2.24) is 9.55 Å². The number of rotatable bonds is 7. The lowest BCUT2D eigenvalue weighted by Crippen LogP contribution is -2.24. The highest BCUT2D eigenvalue weighted by atomic mass is 79.9. The monoisotopic (exact) mass is 413 g/mol. The third-order valence-electron chi connectivity index (χ3n) is 3.40. The Morgan fingerprint density at radius 2 is 2.25 bits per heavy atom. The van der Waals surface area contributed by atoms with Crippen LogP contribution in [0.2, 0.25) is 5.02 Å². The highest BCUT2D eigenvalue weighted by Crippen LogP contribution is 2.25. The number of hydrogen-bond donors (Lipinski definition) is 2.